The van der Waals surface area contributed by atoms with E-state index >= 15 is 0 Å². The van der Waals surface area contributed by atoms with Gasteiger partial charge in [0.1, 0.15) is 0 Å². The van der Waals surface area contributed by atoms with Crippen LogP contribution < -0.4 is 0 Å². The number of hydrogen-bond donors (Lipinski definition) is 0. The Hall–Kier alpha value is 0.200. The number of rotatable bonds is 4. The third kappa shape index (κ3) is 5.49. The molecule has 0 aromatic heterocycles. The summed E-state index contributed by atoms with van der Waals surface area (Å²) in [5.41, 5.74) is 0. The van der Waals surface area contributed by atoms with E-state index in [0.717, 1.165) is 25.9 Å². The lowest BCUT2D eigenvalue weighted by atomic mass is 10.1. The van der Waals surface area contributed by atoms with Crippen LogP contribution in [0.2, 0.25) is 0 Å². The summed E-state index contributed by atoms with van der Waals surface area (Å²) in [7, 11) is 1.77. The van der Waals surface area contributed by atoms with Gasteiger partial charge in [-0.3, -0.25) is 0 Å². The van der Waals surface area contributed by atoms with Gasteiger partial charge in [0.25, 0.3) is 0 Å². The number of halogens is 1. The molecule has 1 rings (SSSR count). The zero-order valence-corrected chi connectivity index (χ0v) is 9.11. The van der Waals surface area contributed by atoms with E-state index in [4.69, 9.17) is 15.4 Å². The lowest BCUT2D eigenvalue weighted by Gasteiger charge is -2.21. The molecule has 0 bridgehead atoms. The highest BCUT2D eigenvalue weighted by Crippen LogP contribution is 2.17. The molecule has 0 N–H and O–H groups in total. The summed E-state index contributed by atoms with van der Waals surface area (Å²) in [5, 5.41) is 0. The molecule has 0 aliphatic carbocycles. The molecule has 0 aromatic rings. The summed E-state index contributed by atoms with van der Waals surface area (Å²) >= 11 is 0. The second kappa shape index (κ2) is 5.17. The molecule has 1 heterocycles. The predicted octanol–water partition coefficient (Wildman–Crippen LogP) is 1.90. The molecule has 0 saturated carbocycles. The molecule has 1 atom stereocenters. The van der Waals surface area contributed by atoms with Crippen molar-refractivity contribution < 1.29 is 13.2 Å². The van der Waals surface area contributed by atoms with Crippen LogP contribution in [0.4, 0.5) is 0 Å². The van der Waals surface area contributed by atoms with Crippen LogP contribution in [0, 0.1) is 0 Å². The molecule has 0 radical (unpaired) electrons. The van der Waals surface area contributed by atoms with E-state index in [1.807, 2.05) is 0 Å². The van der Waals surface area contributed by atoms with Crippen LogP contribution in [0.3, 0.4) is 0 Å². The maximum atomic E-state index is 10.6. The van der Waals surface area contributed by atoms with Crippen molar-refractivity contribution in [3.05, 3.63) is 0 Å². The minimum absolute atomic E-state index is 0.0639. The topological polar surface area (TPSA) is 43.4 Å². The second-order valence-electron chi connectivity index (χ2n) is 3.37. The molecule has 1 aliphatic heterocycles. The first-order valence-electron chi connectivity index (χ1n) is 4.62. The van der Waals surface area contributed by atoms with Gasteiger partial charge in [-0.05, 0) is 32.1 Å². The molecular weight excluding hydrogens is 212 g/mol. The van der Waals surface area contributed by atoms with Gasteiger partial charge >= 0.3 is 0 Å². The van der Waals surface area contributed by atoms with Crippen LogP contribution in [0.5, 0.6) is 0 Å². The van der Waals surface area contributed by atoms with E-state index in [1.54, 1.807) is 0 Å². The van der Waals surface area contributed by atoms with Crippen LogP contribution in [0.25, 0.3) is 0 Å². The van der Waals surface area contributed by atoms with Gasteiger partial charge in [-0.2, -0.15) is 0 Å². The van der Waals surface area contributed by atoms with Gasteiger partial charge in [0.15, 0.2) is 0 Å². The van der Waals surface area contributed by atoms with Crippen LogP contribution in [-0.4, -0.2) is 26.9 Å². The summed E-state index contributed by atoms with van der Waals surface area (Å²) in [6.07, 6.45) is 5.06. The Morgan fingerprint density at radius 3 is 2.69 bits per heavy atom. The molecule has 3 nitrogen and oxygen atoms in total. The van der Waals surface area contributed by atoms with Gasteiger partial charge in [0.2, 0.25) is 9.05 Å². The molecule has 0 aromatic carbocycles. The molecule has 78 valence electrons. The summed E-state index contributed by atoms with van der Waals surface area (Å²) in [5.74, 6) is 0.0639. The van der Waals surface area contributed by atoms with Gasteiger partial charge in [0, 0.05) is 17.3 Å². The van der Waals surface area contributed by atoms with Crippen molar-refractivity contribution in [1.82, 2.24) is 0 Å². The fraction of sp³-hybridized carbons (Fsp3) is 1.00. The standard InChI is InChI=1S/C8H15ClO3S/c9-13(10,11)7-3-5-8-4-1-2-6-12-8/h8H,1-7H2. The summed E-state index contributed by atoms with van der Waals surface area (Å²) in [4.78, 5) is 0. The van der Waals surface area contributed by atoms with Gasteiger partial charge < -0.3 is 4.74 Å². The second-order valence-corrected chi connectivity index (χ2v) is 6.27. The normalized spacial score (nSPS) is 24.5. The molecular formula is C8H15ClO3S. The number of hydrogen-bond acceptors (Lipinski definition) is 3. The third-order valence-electron chi connectivity index (χ3n) is 2.19. The van der Waals surface area contributed by atoms with Crippen molar-refractivity contribution in [2.75, 3.05) is 12.4 Å². The molecule has 1 aliphatic rings. The van der Waals surface area contributed by atoms with Crippen LogP contribution in [-0.2, 0) is 13.8 Å². The van der Waals surface area contributed by atoms with E-state index in [-0.39, 0.29) is 11.9 Å². The van der Waals surface area contributed by atoms with Crippen LogP contribution in [0.15, 0.2) is 0 Å². The SMILES string of the molecule is O=S(=O)(Cl)CCCC1CCCCO1. The first kappa shape index (κ1) is 11.3. The van der Waals surface area contributed by atoms with Crippen molar-refractivity contribution >= 4 is 19.7 Å². The van der Waals surface area contributed by atoms with Gasteiger partial charge in [-0.15, -0.1) is 0 Å². The molecule has 1 unspecified atom stereocenters. The Kier molecular flexibility index (Phi) is 4.49. The quantitative estimate of drug-likeness (QED) is 0.688. The zero-order valence-electron chi connectivity index (χ0n) is 7.54. The highest BCUT2D eigenvalue weighted by Gasteiger charge is 2.14. The fourth-order valence-corrected chi connectivity index (χ4v) is 2.36. The summed E-state index contributed by atoms with van der Waals surface area (Å²) in [6.45, 7) is 0.818. The minimum Gasteiger partial charge on any atom is -0.378 e. The van der Waals surface area contributed by atoms with E-state index in [1.165, 1.54) is 6.42 Å². The van der Waals surface area contributed by atoms with E-state index in [2.05, 4.69) is 0 Å². The van der Waals surface area contributed by atoms with Crippen molar-refractivity contribution in [3.8, 4) is 0 Å². The number of ether oxygens (including phenoxy) is 1. The Labute approximate surface area is 83.8 Å². The molecule has 13 heavy (non-hydrogen) atoms. The highest BCUT2D eigenvalue weighted by atomic mass is 35.7. The molecule has 1 fully saturated rings. The largest absolute Gasteiger partial charge is 0.378 e. The Morgan fingerprint density at radius 1 is 1.38 bits per heavy atom. The maximum Gasteiger partial charge on any atom is 0.232 e. The van der Waals surface area contributed by atoms with Crippen molar-refractivity contribution in [2.24, 2.45) is 0 Å². The van der Waals surface area contributed by atoms with Gasteiger partial charge in [0.05, 0.1) is 11.9 Å². The third-order valence-corrected chi connectivity index (χ3v) is 3.43. The van der Waals surface area contributed by atoms with E-state index in [0.29, 0.717) is 6.42 Å². The molecule has 1 saturated heterocycles. The molecule has 5 heteroatoms. The molecule has 0 amide bonds. The van der Waals surface area contributed by atoms with Crippen molar-refractivity contribution in [1.29, 1.82) is 0 Å². The van der Waals surface area contributed by atoms with E-state index in [9.17, 15) is 8.42 Å². The maximum absolute atomic E-state index is 10.6. The van der Waals surface area contributed by atoms with Crippen LogP contribution in [0.1, 0.15) is 32.1 Å². The molecule has 0 spiro atoms. The smallest absolute Gasteiger partial charge is 0.232 e. The zero-order chi connectivity index (χ0) is 9.73. The minimum atomic E-state index is -3.31. The first-order valence-corrected chi connectivity index (χ1v) is 7.10. The fourth-order valence-electron chi connectivity index (χ4n) is 1.52. The Bertz CT molecular complexity index is 232. The average molecular weight is 227 g/mol. The van der Waals surface area contributed by atoms with Gasteiger partial charge in [-0.25, -0.2) is 8.42 Å². The lowest BCUT2D eigenvalue weighted by Crippen LogP contribution is -2.19. The van der Waals surface area contributed by atoms with Crippen LogP contribution >= 0.6 is 10.7 Å². The summed E-state index contributed by atoms with van der Waals surface area (Å²) in [6, 6.07) is 0. The Morgan fingerprint density at radius 2 is 2.15 bits per heavy atom. The summed E-state index contributed by atoms with van der Waals surface area (Å²) < 4.78 is 26.6. The highest BCUT2D eigenvalue weighted by molar-refractivity contribution is 8.13. The van der Waals surface area contributed by atoms with E-state index < -0.39 is 9.05 Å². The van der Waals surface area contributed by atoms with Crippen molar-refractivity contribution in [2.45, 2.75) is 38.2 Å². The average Bonchev–Trinajstić information content (AvgIpc) is 2.04. The van der Waals surface area contributed by atoms with Gasteiger partial charge in [-0.1, -0.05) is 0 Å². The monoisotopic (exact) mass is 226 g/mol. The van der Waals surface area contributed by atoms with Crippen molar-refractivity contribution in [3.63, 3.8) is 0 Å². The first-order chi connectivity index (χ1) is 6.08. The predicted molar refractivity (Wildman–Crippen MR) is 52.5 cm³/mol. The Balaban J connectivity index is 2.11. The lowest BCUT2D eigenvalue weighted by molar-refractivity contribution is 0.0110.